The zero-order chi connectivity index (χ0) is 39.6. The quantitative estimate of drug-likeness (QED) is 0.167. The molecule has 7 heteroatoms. The third-order valence-corrected chi connectivity index (χ3v) is 11.6. The Morgan fingerprint density at radius 1 is 0.500 bits per heavy atom. The molecule has 11 aromatic rings. The van der Waals surface area contributed by atoms with Crippen molar-refractivity contribution in [3.63, 3.8) is 0 Å². The number of benzene rings is 7. The van der Waals surface area contributed by atoms with Crippen molar-refractivity contribution in [2.45, 2.75) is 12.3 Å². The van der Waals surface area contributed by atoms with Gasteiger partial charge in [0.25, 0.3) is 0 Å². The highest BCUT2D eigenvalue weighted by molar-refractivity contribution is 6.10. The number of fused-ring (bicyclic) bond motifs is 7. The fraction of sp³-hybridized carbons (Fsp3) is 0.0377. The minimum Gasteiger partial charge on any atom is -0.456 e. The van der Waals surface area contributed by atoms with E-state index < -0.39 is 0 Å². The van der Waals surface area contributed by atoms with E-state index in [2.05, 4.69) is 114 Å². The van der Waals surface area contributed by atoms with Crippen LogP contribution in [0.25, 0.3) is 101 Å². The van der Waals surface area contributed by atoms with Gasteiger partial charge in [-0.05, 0) is 48.9 Å². The van der Waals surface area contributed by atoms with Crippen molar-refractivity contribution in [1.82, 2.24) is 29.5 Å². The van der Waals surface area contributed by atoms with Crippen LogP contribution in [-0.2, 0) is 6.42 Å². The van der Waals surface area contributed by atoms with Crippen LogP contribution in [0.2, 0.25) is 0 Å². The molecule has 0 fully saturated rings. The van der Waals surface area contributed by atoms with Gasteiger partial charge in [-0.1, -0.05) is 146 Å². The highest BCUT2D eigenvalue weighted by Gasteiger charge is 2.27. The van der Waals surface area contributed by atoms with Gasteiger partial charge in [-0.15, -0.1) is 0 Å². The monoisotopic (exact) mass is 770 g/mol. The highest BCUT2D eigenvalue weighted by Crippen LogP contribution is 2.42. The predicted molar refractivity (Wildman–Crippen MR) is 241 cm³/mol. The Labute approximate surface area is 345 Å². The van der Waals surface area contributed by atoms with E-state index in [4.69, 9.17) is 29.3 Å². The maximum atomic E-state index is 6.54. The number of furan rings is 1. The fourth-order valence-electron chi connectivity index (χ4n) is 8.81. The van der Waals surface area contributed by atoms with Gasteiger partial charge in [0, 0.05) is 61.0 Å². The summed E-state index contributed by atoms with van der Waals surface area (Å²) in [6.07, 6.45) is 4.91. The molecule has 60 heavy (non-hydrogen) atoms. The number of rotatable bonds is 6. The van der Waals surface area contributed by atoms with Crippen LogP contribution in [-0.4, -0.2) is 29.5 Å². The van der Waals surface area contributed by atoms with Crippen LogP contribution in [0.5, 0.6) is 0 Å². The van der Waals surface area contributed by atoms with E-state index >= 15 is 0 Å². The summed E-state index contributed by atoms with van der Waals surface area (Å²) in [6, 6.07) is 60.5. The first-order chi connectivity index (χ1) is 29.7. The summed E-state index contributed by atoms with van der Waals surface area (Å²) in [5, 5.41) is 4.42. The average Bonchev–Trinajstić information content (AvgIpc) is 3.87. The molecular weight excluding hydrogens is 737 g/mol. The van der Waals surface area contributed by atoms with E-state index in [1.807, 2.05) is 78.9 Å². The molecule has 0 amide bonds. The van der Waals surface area contributed by atoms with Crippen molar-refractivity contribution >= 4 is 49.8 Å². The molecule has 4 heterocycles. The second-order valence-electron chi connectivity index (χ2n) is 15.2. The van der Waals surface area contributed by atoms with Crippen LogP contribution < -0.4 is 0 Å². The molecular formula is C53H34N6O. The van der Waals surface area contributed by atoms with Crippen LogP contribution in [0, 0.1) is 0 Å². The van der Waals surface area contributed by atoms with Crippen molar-refractivity contribution in [1.29, 1.82) is 0 Å². The lowest BCUT2D eigenvalue weighted by molar-refractivity contribution is 0.590. The minimum atomic E-state index is -0.104. The zero-order valence-corrected chi connectivity index (χ0v) is 32.3. The van der Waals surface area contributed by atoms with Crippen LogP contribution in [0.1, 0.15) is 23.1 Å². The molecule has 0 saturated carbocycles. The van der Waals surface area contributed by atoms with Crippen LogP contribution in [0.3, 0.4) is 0 Å². The number of hydrogen-bond donors (Lipinski definition) is 0. The van der Waals surface area contributed by atoms with E-state index in [0.717, 1.165) is 78.2 Å². The third kappa shape index (κ3) is 5.62. The van der Waals surface area contributed by atoms with Gasteiger partial charge in [-0.25, -0.2) is 24.9 Å². The zero-order valence-electron chi connectivity index (χ0n) is 32.3. The molecule has 4 aromatic heterocycles. The van der Waals surface area contributed by atoms with E-state index in [-0.39, 0.29) is 5.92 Å². The molecule has 0 aliphatic heterocycles. The largest absolute Gasteiger partial charge is 0.456 e. The number of para-hydroxylation sites is 3. The van der Waals surface area contributed by atoms with Crippen molar-refractivity contribution in [3.05, 3.63) is 199 Å². The molecule has 7 aromatic carbocycles. The Balaban J connectivity index is 0.990. The van der Waals surface area contributed by atoms with Gasteiger partial charge in [0.1, 0.15) is 17.2 Å². The van der Waals surface area contributed by atoms with Gasteiger partial charge in [0.15, 0.2) is 17.5 Å². The molecule has 1 unspecified atom stereocenters. The SMILES string of the molecule is C1=CC(c2nc(-c3ccc4c5ccccc5n(-c5ccccc5)c4c3)c3ccccc3n2)Cc2c1oc1cccc(-c3nc(-c4ccccc4)nc(-c4ccccc4)n3)c21. The van der Waals surface area contributed by atoms with Gasteiger partial charge >= 0.3 is 0 Å². The first kappa shape index (κ1) is 34.0. The first-order valence-electron chi connectivity index (χ1n) is 20.2. The summed E-state index contributed by atoms with van der Waals surface area (Å²) in [6.45, 7) is 0. The highest BCUT2D eigenvalue weighted by atomic mass is 16.3. The normalized spacial score (nSPS) is 13.7. The Bertz CT molecular complexity index is 3410. The second-order valence-corrected chi connectivity index (χ2v) is 15.2. The first-order valence-corrected chi connectivity index (χ1v) is 20.2. The summed E-state index contributed by atoms with van der Waals surface area (Å²) in [4.78, 5) is 25.8. The maximum Gasteiger partial charge on any atom is 0.164 e. The molecule has 0 spiro atoms. The average molecular weight is 771 g/mol. The molecule has 1 atom stereocenters. The lowest BCUT2D eigenvalue weighted by atomic mass is 9.89. The van der Waals surface area contributed by atoms with Crippen molar-refractivity contribution < 1.29 is 4.42 Å². The van der Waals surface area contributed by atoms with Gasteiger partial charge in [-0.2, -0.15) is 0 Å². The van der Waals surface area contributed by atoms with Crippen molar-refractivity contribution in [3.8, 4) is 51.1 Å². The molecule has 1 aliphatic rings. The molecule has 0 radical (unpaired) electrons. The number of allylic oxidation sites excluding steroid dienone is 1. The Morgan fingerprint density at radius 2 is 1.15 bits per heavy atom. The standard InChI is InChI=1S/C53H34N6O/c1-4-15-33(16-5-1)50-56-51(34-17-6-2-7-18-34)58-53(57-50)41-23-14-26-47-48(41)42-31-36(28-30-46(42)60-47)52-54-43-24-12-10-22-40(43)49(55-52)35-27-29-39-38-21-11-13-25-44(38)59(45(39)32-35)37-19-8-3-9-20-37/h1-30,32,36H,31H2. The van der Waals surface area contributed by atoms with E-state index in [1.165, 1.54) is 16.3 Å². The van der Waals surface area contributed by atoms with Gasteiger partial charge in [0.2, 0.25) is 0 Å². The maximum absolute atomic E-state index is 6.54. The van der Waals surface area contributed by atoms with E-state index in [0.29, 0.717) is 23.9 Å². The lowest BCUT2D eigenvalue weighted by Crippen LogP contribution is -2.10. The minimum absolute atomic E-state index is 0.104. The molecule has 1 aliphatic carbocycles. The number of aromatic nitrogens is 6. The predicted octanol–water partition coefficient (Wildman–Crippen LogP) is 12.7. The third-order valence-electron chi connectivity index (χ3n) is 11.6. The summed E-state index contributed by atoms with van der Waals surface area (Å²) < 4.78 is 8.89. The summed E-state index contributed by atoms with van der Waals surface area (Å²) >= 11 is 0. The molecule has 0 bridgehead atoms. The summed E-state index contributed by atoms with van der Waals surface area (Å²) in [5.41, 5.74) is 10.9. The van der Waals surface area contributed by atoms with Crippen molar-refractivity contribution in [2.24, 2.45) is 0 Å². The molecule has 282 valence electrons. The second kappa shape index (κ2) is 13.8. The van der Waals surface area contributed by atoms with Crippen LogP contribution in [0.15, 0.2) is 186 Å². The van der Waals surface area contributed by atoms with Crippen molar-refractivity contribution in [2.75, 3.05) is 0 Å². The Hall–Kier alpha value is -8.03. The van der Waals surface area contributed by atoms with E-state index in [9.17, 15) is 0 Å². The molecule has 0 N–H and O–H groups in total. The number of nitrogens with zero attached hydrogens (tertiary/aromatic N) is 6. The molecule has 0 saturated heterocycles. The summed E-state index contributed by atoms with van der Waals surface area (Å²) in [7, 11) is 0. The van der Waals surface area contributed by atoms with Gasteiger partial charge in [0.05, 0.1) is 22.2 Å². The topological polar surface area (TPSA) is 82.5 Å². The van der Waals surface area contributed by atoms with Gasteiger partial charge in [-0.3, -0.25) is 0 Å². The Kier molecular flexibility index (Phi) is 7.84. The van der Waals surface area contributed by atoms with Crippen LogP contribution >= 0.6 is 0 Å². The smallest absolute Gasteiger partial charge is 0.164 e. The molecule has 7 nitrogen and oxygen atoms in total. The fourth-order valence-corrected chi connectivity index (χ4v) is 8.81. The Morgan fingerprint density at radius 3 is 1.92 bits per heavy atom. The lowest BCUT2D eigenvalue weighted by Gasteiger charge is -2.18. The van der Waals surface area contributed by atoms with Gasteiger partial charge < -0.3 is 8.98 Å². The summed E-state index contributed by atoms with van der Waals surface area (Å²) in [5.74, 6) is 3.31. The van der Waals surface area contributed by atoms with E-state index in [1.54, 1.807) is 0 Å². The number of hydrogen-bond acceptors (Lipinski definition) is 6. The molecule has 12 rings (SSSR count). The van der Waals surface area contributed by atoms with Crippen LogP contribution in [0.4, 0.5) is 0 Å².